The Bertz CT molecular complexity index is 1110. The molecule has 1 saturated carbocycles. The highest BCUT2D eigenvalue weighted by molar-refractivity contribution is 6.33. The smallest absolute Gasteiger partial charge is 0.270 e. The predicted molar refractivity (Wildman–Crippen MR) is 108 cm³/mol. The van der Waals surface area contributed by atoms with Crippen LogP contribution in [0.5, 0.6) is 0 Å². The molecular weight excluding hydrogens is 410 g/mol. The molecule has 152 valence electrons. The van der Waals surface area contributed by atoms with Crippen molar-refractivity contribution in [3.05, 3.63) is 63.4 Å². The van der Waals surface area contributed by atoms with Crippen LogP contribution < -0.4 is 0 Å². The zero-order valence-corrected chi connectivity index (χ0v) is 16.4. The van der Waals surface area contributed by atoms with E-state index in [0.29, 0.717) is 22.1 Å². The van der Waals surface area contributed by atoms with Crippen LogP contribution in [0, 0.1) is 33.8 Å². The summed E-state index contributed by atoms with van der Waals surface area (Å²) in [6.45, 7) is 0. The fraction of sp³-hybridized carbons (Fsp3) is 0.286. The number of furan rings is 1. The molecule has 0 radical (unpaired) electrons. The van der Waals surface area contributed by atoms with Gasteiger partial charge in [0.1, 0.15) is 11.5 Å². The van der Waals surface area contributed by atoms with Crippen molar-refractivity contribution >= 4 is 35.3 Å². The first-order valence-corrected chi connectivity index (χ1v) is 9.96. The Labute approximate surface area is 175 Å². The molecule has 6 rings (SSSR count). The maximum Gasteiger partial charge on any atom is 0.270 e. The zero-order valence-electron chi connectivity index (χ0n) is 15.6. The van der Waals surface area contributed by atoms with E-state index in [9.17, 15) is 19.7 Å². The van der Waals surface area contributed by atoms with Gasteiger partial charge in [0.25, 0.3) is 17.5 Å². The van der Waals surface area contributed by atoms with Gasteiger partial charge in [0.05, 0.1) is 28.0 Å². The minimum atomic E-state index is -0.517. The molecule has 2 fully saturated rings. The minimum Gasteiger partial charge on any atom is -0.455 e. The quantitative estimate of drug-likeness (QED) is 0.241. The van der Waals surface area contributed by atoms with Crippen LogP contribution in [0.4, 0.5) is 5.69 Å². The van der Waals surface area contributed by atoms with Crippen molar-refractivity contribution < 1.29 is 18.9 Å². The van der Waals surface area contributed by atoms with Gasteiger partial charge in [-0.2, -0.15) is 10.1 Å². The van der Waals surface area contributed by atoms with E-state index >= 15 is 0 Å². The number of hydrogen-bond acceptors (Lipinski definition) is 6. The van der Waals surface area contributed by atoms with Gasteiger partial charge in [0.2, 0.25) is 0 Å². The van der Waals surface area contributed by atoms with Crippen molar-refractivity contribution in [2.45, 2.75) is 12.8 Å². The average Bonchev–Trinajstić information content (AvgIpc) is 3.32. The van der Waals surface area contributed by atoms with Crippen molar-refractivity contribution in [1.29, 1.82) is 0 Å². The molecule has 2 aromatic rings. The number of allylic oxidation sites excluding steroid dienone is 2. The summed E-state index contributed by atoms with van der Waals surface area (Å²) in [5.74, 6) is -0.374. The molecular formula is C21H16ClN3O5. The fourth-order valence-electron chi connectivity index (χ4n) is 4.67. The van der Waals surface area contributed by atoms with E-state index < -0.39 is 4.92 Å². The highest BCUT2D eigenvalue weighted by Crippen LogP contribution is 2.49. The van der Waals surface area contributed by atoms with Crippen LogP contribution in [-0.4, -0.2) is 28.0 Å². The molecule has 0 unspecified atom stereocenters. The summed E-state index contributed by atoms with van der Waals surface area (Å²) in [6.07, 6.45) is 7.25. The lowest BCUT2D eigenvalue weighted by Crippen LogP contribution is -2.38. The molecule has 4 atom stereocenters. The number of fused-ring (bicyclic) bond motifs is 1. The van der Waals surface area contributed by atoms with Crippen LogP contribution in [-0.2, 0) is 9.59 Å². The second-order valence-corrected chi connectivity index (χ2v) is 8.10. The number of imide groups is 1. The lowest BCUT2D eigenvalue weighted by atomic mass is 9.63. The molecule has 9 heteroatoms. The second kappa shape index (κ2) is 6.91. The summed E-state index contributed by atoms with van der Waals surface area (Å²) < 4.78 is 5.67. The number of hydrogen-bond donors (Lipinski definition) is 0. The molecule has 4 aliphatic rings. The predicted octanol–water partition coefficient (Wildman–Crippen LogP) is 4.04. The summed E-state index contributed by atoms with van der Waals surface area (Å²) in [4.78, 5) is 36.0. The van der Waals surface area contributed by atoms with Gasteiger partial charge < -0.3 is 4.42 Å². The number of rotatable bonds is 4. The number of nitrogens with zero attached hydrogens (tertiary/aromatic N) is 3. The number of nitro benzene ring substituents is 1. The van der Waals surface area contributed by atoms with Crippen molar-refractivity contribution in [2.24, 2.45) is 28.8 Å². The van der Waals surface area contributed by atoms with Crippen molar-refractivity contribution in [2.75, 3.05) is 0 Å². The molecule has 2 amide bonds. The minimum absolute atomic E-state index is 0.0999. The van der Waals surface area contributed by atoms with Gasteiger partial charge in [-0.05, 0) is 42.9 Å². The van der Waals surface area contributed by atoms with Gasteiger partial charge in [-0.1, -0.05) is 23.8 Å². The van der Waals surface area contributed by atoms with Gasteiger partial charge in [-0.15, -0.1) is 0 Å². The Morgan fingerprint density at radius 2 is 1.77 bits per heavy atom. The maximum atomic E-state index is 12.8. The maximum absolute atomic E-state index is 12.8. The average molecular weight is 426 g/mol. The molecule has 0 spiro atoms. The number of halogens is 1. The molecule has 8 nitrogen and oxygen atoms in total. The summed E-state index contributed by atoms with van der Waals surface area (Å²) >= 11 is 6.15. The van der Waals surface area contributed by atoms with Crippen LogP contribution >= 0.6 is 11.6 Å². The zero-order chi connectivity index (χ0) is 21.0. The number of non-ortho nitro benzene ring substituents is 1. The van der Waals surface area contributed by atoms with E-state index in [2.05, 4.69) is 17.3 Å². The summed E-state index contributed by atoms with van der Waals surface area (Å²) in [5, 5.41) is 16.4. The Morgan fingerprint density at radius 3 is 2.37 bits per heavy atom. The number of benzene rings is 1. The monoisotopic (exact) mass is 425 g/mol. The van der Waals surface area contributed by atoms with E-state index in [1.54, 1.807) is 12.1 Å². The molecule has 2 bridgehead atoms. The van der Waals surface area contributed by atoms with Gasteiger partial charge in [0.15, 0.2) is 0 Å². The summed E-state index contributed by atoms with van der Waals surface area (Å²) in [6, 6.07) is 7.25. The summed E-state index contributed by atoms with van der Waals surface area (Å²) in [5.41, 5.74) is 0.257. The van der Waals surface area contributed by atoms with Gasteiger partial charge >= 0.3 is 0 Å². The Morgan fingerprint density at radius 1 is 1.10 bits per heavy atom. The molecule has 3 aliphatic carbocycles. The molecule has 1 aliphatic heterocycles. The van der Waals surface area contributed by atoms with Gasteiger partial charge in [-0.25, -0.2) is 0 Å². The fourth-order valence-corrected chi connectivity index (χ4v) is 4.88. The SMILES string of the molecule is O=C1[C@@H]2[C@H](C(=O)N1/N=C\c1ccc(-c3cc([N+](=O)[O-])ccc3Cl)o1)[C@@H]1C=C[C@H]2CC1. The van der Waals surface area contributed by atoms with Crippen LogP contribution in [0.2, 0.25) is 5.02 Å². The van der Waals surface area contributed by atoms with E-state index in [1.165, 1.54) is 24.4 Å². The largest absolute Gasteiger partial charge is 0.455 e. The third kappa shape index (κ3) is 2.87. The lowest BCUT2D eigenvalue weighted by Gasteiger charge is -2.37. The second-order valence-electron chi connectivity index (χ2n) is 7.70. The van der Waals surface area contributed by atoms with Crippen LogP contribution in [0.1, 0.15) is 18.6 Å². The molecule has 1 aromatic carbocycles. The molecule has 0 N–H and O–H groups in total. The Kier molecular flexibility index (Phi) is 4.32. The van der Waals surface area contributed by atoms with E-state index in [1.807, 2.05) is 0 Å². The van der Waals surface area contributed by atoms with E-state index in [4.69, 9.17) is 16.0 Å². The molecule has 1 aromatic heterocycles. The topological polar surface area (TPSA) is 106 Å². The highest BCUT2D eigenvalue weighted by Gasteiger charge is 2.56. The van der Waals surface area contributed by atoms with Crippen molar-refractivity contribution in [1.82, 2.24) is 5.01 Å². The lowest BCUT2D eigenvalue weighted by molar-refractivity contribution is -0.384. The summed E-state index contributed by atoms with van der Waals surface area (Å²) in [7, 11) is 0. The van der Waals surface area contributed by atoms with E-state index in [0.717, 1.165) is 17.9 Å². The molecule has 1 saturated heterocycles. The van der Waals surface area contributed by atoms with Crippen LogP contribution in [0.15, 0.2) is 52.0 Å². The third-order valence-electron chi connectivity index (χ3n) is 6.09. The van der Waals surface area contributed by atoms with Gasteiger partial charge in [0, 0.05) is 17.7 Å². The number of hydrazone groups is 1. The first-order chi connectivity index (χ1) is 14.4. The number of nitro groups is 1. The third-order valence-corrected chi connectivity index (χ3v) is 6.42. The highest BCUT2D eigenvalue weighted by atomic mass is 35.5. The first-order valence-electron chi connectivity index (χ1n) is 9.58. The molecule has 2 heterocycles. The molecule has 30 heavy (non-hydrogen) atoms. The number of carbonyl (C=O) groups is 2. The van der Waals surface area contributed by atoms with E-state index in [-0.39, 0.29) is 41.2 Å². The van der Waals surface area contributed by atoms with Crippen LogP contribution in [0.25, 0.3) is 11.3 Å². The normalized spacial score (nSPS) is 27.3. The first kappa shape index (κ1) is 18.7. The standard InChI is InChI=1S/C21H16ClN3O5/c22-16-7-5-13(25(28)29)9-15(16)17-8-6-14(30-17)10-23-24-20(26)18-11-1-2-12(4-3-11)19(18)21(24)27/h1-2,5-12,18-19H,3-4H2/b23-10-/t11-,12+,18-,19+. The van der Waals surface area contributed by atoms with Gasteiger partial charge in [-0.3, -0.25) is 19.7 Å². The van der Waals surface area contributed by atoms with Crippen LogP contribution in [0.3, 0.4) is 0 Å². The Balaban J connectivity index is 1.39. The number of carbonyl (C=O) groups excluding carboxylic acids is 2. The Hall–Kier alpha value is -3.26. The number of amides is 2. The van der Waals surface area contributed by atoms with Crippen molar-refractivity contribution in [3.8, 4) is 11.3 Å². The van der Waals surface area contributed by atoms with Crippen molar-refractivity contribution in [3.63, 3.8) is 0 Å².